The number of hydrogen-bond donors (Lipinski definition) is 2. The minimum absolute atomic E-state index is 0.110. The maximum atomic E-state index is 13.3. The van der Waals surface area contributed by atoms with Crippen LogP contribution in [0, 0.1) is 0 Å². The fourth-order valence-electron chi connectivity index (χ4n) is 4.19. The highest BCUT2D eigenvalue weighted by Crippen LogP contribution is 2.36. The van der Waals surface area contributed by atoms with Crippen molar-refractivity contribution in [3.8, 4) is 17.0 Å². The summed E-state index contributed by atoms with van der Waals surface area (Å²) in [5, 5.41) is 5.59. The standard InChI is InChI=1S/C25H24ClF3N4O2/c1-35-20-9-8-17(14-32-20)15-5-4-6-16(13-15)22(19-7-2-3-11-30-19)33-24(34)23-21(26)18(10-12-31-23)25(27,28)29/h4-6,8-10,12-14,19,22,30H,2-3,7,11H2,1H3,(H,33,34)/t19-,22?/m0/s1. The van der Waals surface area contributed by atoms with E-state index >= 15 is 0 Å². The number of carbonyl (C=O) groups excluding carboxylic acids is 1. The fourth-order valence-corrected chi connectivity index (χ4v) is 4.50. The van der Waals surface area contributed by atoms with Crippen LogP contribution < -0.4 is 15.4 Å². The van der Waals surface area contributed by atoms with Crippen LogP contribution in [0.1, 0.15) is 46.9 Å². The minimum Gasteiger partial charge on any atom is -0.481 e. The Morgan fingerprint density at radius 2 is 2.00 bits per heavy atom. The van der Waals surface area contributed by atoms with Crippen molar-refractivity contribution < 1.29 is 22.7 Å². The topological polar surface area (TPSA) is 76.1 Å². The molecule has 2 N–H and O–H groups in total. The third kappa shape index (κ3) is 5.74. The van der Waals surface area contributed by atoms with E-state index in [1.807, 2.05) is 30.3 Å². The number of nitrogens with one attached hydrogen (secondary N) is 2. The molecule has 4 rings (SSSR count). The number of hydrogen-bond acceptors (Lipinski definition) is 5. The highest BCUT2D eigenvalue weighted by molar-refractivity contribution is 6.34. The highest BCUT2D eigenvalue weighted by Gasteiger charge is 2.36. The number of benzene rings is 1. The van der Waals surface area contributed by atoms with Gasteiger partial charge >= 0.3 is 6.18 Å². The third-order valence-electron chi connectivity index (χ3n) is 5.97. The van der Waals surface area contributed by atoms with Crippen LogP contribution in [-0.2, 0) is 6.18 Å². The van der Waals surface area contributed by atoms with Crippen molar-refractivity contribution in [3.63, 3.8) is 0 Å². The van der Waals surface area contributed by atoms with Crippen molar-refractivity contribution in [2.45, 2.75) is 37.5 Å². The molecule has 3 heterocycles. The number of amides is 1. The van der Waals surface area contributed by atoms with Gasteiger partial charge < -0.3 is 15.4 Å². The maximum Gasteiger partial charge on any atom is 0.417 e. The van der Waals surface area contributed by atoms with Crippen LogP contribution in [0.4, 0.5) is 13.2 Å². The summed E-state index contributed by atoms with van der Waals surface area (Å²) < 4.78 is 45.0. The molecule has 6 nitrogen and oxygen atoms in total. The first-order chi connectivity index (χ1) is 16.8. The number of pyridine rings is 2. The van der Waals surface area contributed by atoms with E-state index < -0.39 is 34.4 Å². The molecule has 2 aromatic heterocycles. The van der Waals surface area contributed by atoms with Crippen LogP contribution in [0.25, 0.3) is 11.1 Å². The molecule has 1 fully saturated rings. The Labute approximate surface area is 205 Å². The zero-order valence-corrected chi connectivity index (χ0v) is 19.7. The molecule has 1 amide bonds. The second kappa shape index (κ2) is 10.6. The summed E-state index contributed by atoms with van der Waals surface area (Å²) in [5.41, 5.74) is 0.979. The van der Waals surface area contributed by atoms with Gasteiger partial charge in [-0.3, -0.25) is 4.79 Å². The largest absolute Gasteiger partial charge is 0.481 e. The number of piperidine rings is 1. The predicted molar refractivity (Wildman–Crippen MR) is 126 cm³/mol. The molecule has 0 aliphatic carbocycles. The molecule has 2 atom stereocenters. The molecule has 10 heteroatoms. The lowest BCUT2D eigenvalue weighted by atomic mass is 9.90. The van der Waals surface area contributed by atoms with Gasteiger partial charge in [0.1, 0.15) is 5.69 Å². The number of methoxy groups -OCH3 is 1. The first kappa shape index (κ1) is 24.9. The van der Waals surface area contributed by atoms with Crippen molar-refractivity contribution in [1.82, 2.24) is 20.6 Å². The minimum atomic E-state index is -4.69. The molecule has 0 radical (unpaired) electrons. The quantitative estimate of drug-likeness (QED) is 0.467. The van der Waals surface area contributed by atoms with E-state index in [1.165, 1.54) is 0 Å². The van der Waals surface area contributed by atoms with Gasteiger partial charge in [0.05, 0.1) is 23.7 Å². The third-order valence-corrected chi connectivity index (χ3v) is 6.35. The average Bonchev–Trinajstić information content (AvgIpc) is 2.87. The van der Waals surface area contributed by atoms with Gasteiger partial charge in [0.2, 0.25) is 5.88 Å². The molecule has 1 aliphatic heterocycles. The molecule has 184 valence electrons. The van der Waals surface area contributed by atoms with E-state index in [9.17, 15) is 18.0 Å². The number of carbonyl (C=O) groups is 1. The fraction of sp³-hybridized carbons (Fsp3) is 0.320. The van der Waals surface area contributed by atoms with E-state index in [0.29, 0.717) is 5.88 Å². The van der Waals surface area contributed by atoms with Gasteiger partial charge in [0.25, 0.3) is 5.91 Å². The predicted octanol–water partition coefficient (Wildman–Crippen LogP) is 5.44. The van der Waals surface area contributed by atoms with E-state index in [1.54, 1.807) is 19.4 Å². The summed E-state index contributed by atoms with van der Waals surface area (Å²) in [6.45, 7) is 0.779. The van der Waals surface area contributed by atoms with Crippen molar-refractivity contribution >= 4 is 17.5 Å². The summed E-state index contributed by atoms with van der Waals surface area (Å²) in [5.74, 6) is -0.276. The number of alkyl halides is 3. The molecule has 0 saturated carbocycles. The summed E-state index contributed by atoms with van der Waals surface area (Å²) in [7, 11) is 1.54. The smallest absolute Gasteiger partial charge is 0.417 e. The molecule has 3 aromatic rings. The lowest BCUT2D eigenvalue weighted by Crippen LogP contribution is -2.46. The summed E-state index contributed by atoms with van der Waals surface area (Å²) >= 11 is 5.96. The number of aromatic nitrogens is 2. The molecule has 35 heavy (non-hydrogen) atoms. The van der Waals surface area contributed by atoms with Crippen LogP contribution in [0.2, 0.25) is 5.02 Å². The first-order valence-electron chi connectivity index (χ1n) is 11.1. The van der Waals surface area contributed by atoms with Gasteiger partial charge in [-0.15, -0.1) is 0 Å². The average molecular weight is 505 g/mol. The Morgan fingerprint density at radius 1 is 1.17 bits per heavy atom. The Kier molecular flexibility index (Phi) is 7.57. The van der Waals surface area contributed by atoms with Crippen LogP contribution in [0.3, 0.4) is 0 Å². The number of halogens is 4. The van der Waals surface area contributed by atoms with Crippen LogP contribution in [0.5, 0.6) is 5.88 Å². The lowest BCUT2D eigenvalue weighted by molar-refractivity contribution is -0.137. The van der Waals surface area contributed by atoms with Crippen molar-refractivity contribution in [2.75, 3.05) is 13.7 Å². The molecule has 0 spiro atoms. The van der Waals surface area contributed by atoms with E-state index in [2.05, 4.69) is 20.6 Å². The molecule has 1 saturated heterocycles. The SMILES string of the molecule is COc1ccc(-c2cccc(C(NC(=O)c3nccc(C(F)(F)F)c3Cl)[C@@H]3CCCCN3)c2)cn1. The van der Waals surface area contributed by atoms with Gasteiger partial charge in [0.15, 0.2) is 0 Å². The zero-order chi connectivity index (χ0) is 25.0. The number of rotatable bonds is 6. The van der Waals surface area contributed by atoms with Gasteiger partial charge in [0, 0.05) is 30.1 Å². The number of ether oxygens (including phenoxy) is 1. The van der Waals surface area contributed by atoms with Crippen LogP contribution >= 0.6 is 11.6 Å². The Hall–Kier alpha value is -3.17. The Bertz CT molecular complexity index is 1180. The number of nitrogens with zero attached hydrogens (tertiary/aromatic N) is 2. The maximum absolute atomic E-state index is 13.3. The summed E-state index contributed by atoms with van der Waals surface area (Å²) in [6.07, 6.45) is 0.707. The first-order valence-corrected chi connectivity index (χ1v) is 11.5. The molecule has 1 unspecified atom stereocenters. The normalized spacial score (nSPS) is 17.0. The van der Waals surface area contributed by atoms with E-state index in [-0.39, 0.29) is 6.04 Å². The zero-order valence-electron chi connectivity index (χ0n) is 18.9. The highest BCUT2D eigenvalue weighted by atomic mass is 35.5. The van der Waals surface area contributed by atoms with E-state index in [0.717, 1.165) is 54.8 Å². The Balaban J connectivity index is 1.67. The second-order valence-electron chi connectivity index (χ2n) is 8.24. The van der Waals surface area contributed by atoms with E-state index in [4.69, 9.17) is 16.3 Å². The summed E-state index contributed by atoms with van der Waals surface area (Å²) in [6, 6.07) is 11.4. The van der Waals surface area contributed by atoms with Crippen molar-refractivity contribution in [3.05, 3.63) is 76.7 Å². The van der Waals surface area contributed by atoms with Crippen molar-refractivity contribution in [2.24, 2.45) is 0 Å². The molecular formula is C25H24ClF3N4O2. The second-order valence-corrected chi connectivity index (χ2v) is 8.62. The van der Waals surface area contributed by atoms with Gasteiger partial charge in [-0.25, -0.2) is 9.97 Å². The molecule has 1 aromatic carbocycles. The van der Waals surface area contributed by atoms with Crippen molar-refractivity contribution in [1.29, 1.82) is 0 Å². The van der Waals surface area contributed by atoms with Gasteiger partial charge in [-0.05, 0) is 48.7 Å². The van der Waals surface area contributed by atoms with Gasteiger partial charge in [-0.1, -0.05) is 36.2 Å². The lowest BCUT2D eigenvalue weighted by Gasteiger charge is -2.32. The molecule has 1 aliphatic rings. The van der Waals surface area contributed by atoms with Gasteiger partial charge in [-0.2, -0.15) is 13.2 Å². The van der Waals surface area contributed by atoms with Crippen LogP contribution in [-0.4, -0.2) is 35.6 Å². The molecule has 0 bridgehead atoms. The van der Waals surface area contributed by atoms with Crippen LogP contribution in [0.15, 0.2) is 54.9 Å². The molecular weight excluding hydrogens is 481 g/mol. The monoisotopic (exact) mass is 504 g/mol. The Morgan fingerprint density at radius 3 is 2.66 bits per heavy atom. The summed E-state index contributed by atoms with van der Waals surface area (Å²) in [4.78, 5) is 21.2.